The number of H-pyrrole nitrogens is 1. The van der Waals surface area contributed by atoms with Gasteiger partial charge in [-0.1, -0.05) is 30.3 Å². The predicted octanol–water partition coefficient (Wildman–Crippen LogP) is 2.66. The van der Waals surface area contributed by atoms with Crippen molar-refractivity contribution in [2.75, 3.05) is 13.1 Å². The van der Waals surface area contributed by atoms with Crippen LogP contribution in [0.5, 0.6) is 0 Å². The highest BCUT2D eigenvalue weighted by Crippen LogP contribution is 2.28. The van der Waals surface area contributed by atoms with Crippen LogP contribution in [0.1, 0.15) is 21.6 Å². The average molecular weight is 320 g/mol. The summed E-state index contributed by atoms with van der Waals surface area (Å²) in [6.07, 6.45) is 5.18. The average Bonchev–Trinajstić information content (AvgIpc) is 3.19. The van der Waals surface area contributed by atoms with E-state index >= 15 is 0 Å². The van der Waals surface area contributed by atoms with Crippen LogP contribution in [0, 0.1) is 0 Å². The molecule has 1 aromatic carbocycles. The van der Waals surface area contributed by atoms with Crippen molar-refractivity contribution < 1.29 is 4.79 Å². The predicted molar refractivity (Wildman–Crippen MR) is 92.7 cm³/mol. The lowest BCUT2D eigenvalue weighted by Gasteiger charge is -2.19. The molecule has 0 bridgehead atoms. The number of carbonyl (C=O) groups excluding carboxylic acids is 1. The van der Waals surface area contributed by atoms with Gasteiger partial charge in [-0.25, -0.2) is 0 Å². The molecule has 1 aliphatic heterocycles. The van der Waals surface area contributed by atoms with Gasteiger partial charge in [0.2, 0.25) is 0 Å². The Morgan fingerprint density at radius 1 is 1.12 bits per heavy atom. The van der Waals surface area contributed by atoms with Gasteiger partial charge in [-0.15, -0.1) is 0 Å². The highest BCUT2D eigenvalue weighted by atomic mass is 16.2. The largest absolute Gasteiger partial charge is 0.367 e. The summed E-state index contributed by atoms with van der Waals surface area (Å²) in [7, 11) is 2.00. The van der Waals surface area contributed by atoms with Gasteiger partial charge in [0.1, 0.15) is 0 Å². The molecule has 4 rings (SSSR count). The Morgan fingerprint density at radius 3 is 2.67 bits per heavy atom. The van der Waals surface area contributed by atoms with E-state index in [-0.39, 0.29) is 5.91 Å². The number of fused-ring (bicyclic) bond motifs is 1. The highest BCUT2D eigenvalue weighted by molar-refractivity contribution is 5.94. The molecule has 0 fully saturated rings. The molecule has 0 unspecified atom stereocenters. The van der Waals surface area contributed by atoms with E-state index in [4.69, 9.17) is 5.10 Å². The number of rotatable bonds is 2. The summed E-state index contributed by atoms with van der Waals surface area (Å²) in [5.41, 5.74) is 5.45. The molecule has 3 heterocycles. The normalized spacial score (nSPS) is 14.3. The minimum absolute atomic E-state index is 0.0899. The van der Waals surface area contributed by atoms with Crippen LogP contribution in [0.15, 0.2) is 48.8 Å². The molecule has 122 valence electrons. The van der Waals surface area contributed by atoms with Gasteiger partial charge in [0, 0.05) is 50.1 Å². The van der Waals surface area contributed by atoms with E-state index in [1.54, 1.807) is 12.4 Å². The molecular formula is C19H20N4O. The fourth-order valence-electron chi connectivity index (χ4n) is 3.49. The Morgan fingerprint density at radius 2 is 1.92 bits per heavy atom. The van der Waals surface area contributed by atoms with Gasteiger partial charge in [0.15, 0.2) is 0 Å². The molecule has 3 aromatic rings. The van der Waals surface area contributed by atoms with Crippen molar-refractivity contribution in [2.45, 2.75) is 12.8 Å². The second-order valence-corrected chi connectivity index (χ2v) is 6.16. The van der Waals surface area contributed by atoms with Gasteiger partial charge in [0.05, 0.1) is 17.0 Å². The summed E-state index contributed by atoms with van der Waals surface area (Å²) in [5, 5.41) is 4.72. The molecule has 2 aromatic heterocycles. The van der Waals surface area contributed by atoms with E-state index in [0.29, 0.717) is 6.54 Å². The van der Waals surface area contributed by atoms with Crippen LogP contribution in [-0.2, 0) is 19.9 Å². The summed E-state index contributed by atoms with van der Waals surface area (Å²) in [5.74, 6) is 0.0899. The van der Waals surface area contributed by atoms with Gasteiger partial charge in [-0.05, 0) is 12.5 Å². The number of nitrogens with one attached hydrogen (secondary N) is 1. The first-order chi connectivity index (χ1) is 11.7. The molecule has 0 saturated heterocycles. The number of hydrogen-bond acceptors (Lipinski definition) is 2. The zero-order valence-electron chi connectivity index (χ0n) is 13.7. The van der Waals surface area contributed by atoms with E-state index in [1.165, 1.54) is 16.8 Å². The second-order valence-electron chi connectivity index (χ2n) is 6.16. The molecule has 1 amide bonds. The number of aromatic nitrogens is 3. The maximum Gasteiger partial charge on any atom is 0.255 e. The van der Waals surface area contributed by atoms with Crippen LogP contribution < -0.4 is 0 Å². The fourth-order valence-corrected chi connectivity index (χ4v) is 3.49. The first kappa shape index (κ1) is 14.8. The van der Waals surface area contributed by atoms with Gasteiger partial charge in [-0.3, -0.25) is 9.48 Å². The second kappa shape index (κ2) is 6.00. The topological polar surface area (TPSA) is 53.9 Å². The minimum atomic E-state index is 0.0899. The van der Waals surface area contributed by atoms with Crippen molar-refractivity contribution in [1.29, 1.82) is 0 Å². The van der Waals surface area contributed by atoms with Crippen molar-refractivity contribution in [3.63, 3.8) is 0 Å². The number of carbonyl (C=O) groups is 1. The molecule has 0 saturated carbocycles. The lowest BCUT2D eigenvalue weighted by atomic mass is 10.0. The summed E-state index contributed by atoms with van der Waals surface area (Å²) in [6.45, 7) is 1.44. The maximum atomic E-state index is 12.6. The molecular weight excluding hydrogens is 300 g/mol. The number of nitrogens with zero attached hydrogens (tertiary/aromatic N) is 3. The van der Waals surface area contributed by atoms with E-state index in [2.05, 4.69) is 17.1 Å². The third-order valence-corrected chi connectivity index (χ3v) is 4.66. The van der Waals surface area contributed by atoms with Gasteiger partial charge < -0.3 is 9.88 Å². The van der Waals surface area contributed by atoms with Gasteiger partial charge in [-0.2, -0.15) is 5.10 Å². The highest BCUT2D eigenvalue weighted by Gasteiger charge is 2.25. The van der Waals surface area contributed by atoms with Crippen LogP contribution in [0.4, 0.5) is 0 Å². The standard InChI is InChI=1S/C19H20N4O/c1-22-18(14-5-3-2-4-6-14)16-8-11-23(12-9-17(16)21-22)19(24)15-7-10-20-13-15/h2-7,10,13,20H,8-9,11-12H2,1H3. The number of amides is 1. The zero-order valence-corrected chi connectivity index (χ0v) is 13.7. The van der Waals surface area contributed by atoms with Crippen LogP contribution in [0.3, 0.4) is 0 Å². The number of hydrogen-bond donors (Lipinski definition) is 1. The number of aromatic amines is 1. The first-order valence-electron chi connectivity index (χ1n) is 8.26. The first-order valence-corrected chi connectivity index (χ1v) is 8.26. The number of aryl methyl sites for hydroxylation is 1. The Balaban J connectivity index is 1.62. The Kier molecular flexibility index (Phi) is 3.69. The van der Waals surface area contributed by atoms with E-state index < -0.39 is 0 Å². The van der Waals surface area contributed by atoms with Crippen LogP contribution in [0.25, 0.3) is 11.3 Å². The number of benzene rings is 1. The van der Waals surface area contributed by atoms with E-state index in [9.17, 15) is 4.79 Å². The van der Waals surface area contributed by atoms with E-state index in [1.807, 2.05) is 40.9 Å². The molecule has 1 aliphatic rings. The van der Waals surface area contributed by atoms with Gasteiger partial charge in [0.25, 0.3) is 5.91 Å². The third kappa shape index (κ3) is 2.52. The minimum Gasteiger partial charge on any atom is -0.367 e. The quantitative estimate of drug-likeness (QED) is 0.789. The van der Waals surface area contributed by atoms with Crippen molar-refractivity contribution >= 4 is 5.91 Å². The monoisotopic (exact) mass is 320 g/mol. The molecule has 24 heavy (non-hydrogen) atoms. The van der Waals surface area contributed by atoms with Crippen LogP contribution in [0.2, 0.25) is 0 Å². The summed E-state index contributed by atoms with van der Waals surface area (Å²) in [6, 6.07) is 12.2. The molecule has 0 aliphatic carbocycles. The van der Waals surface area contributed by atoms with Crippen molar-refractivity contribution in [1.82, 2.24) is 19.7 Å². The van der Waals surface area contributed by atoms with Gasteiger partial charge >= 0.3 is 0 Å². The van der Waals surface area contributed by atoms with Crippen LogP contribution >= 0.6 is 0 Å². The molecule has 0 spiro atoms. The fraction of sp³-hybridized carbons (Fsp3) is 0.263. The Labute approximate surface area is 140 Å². The summed E-state index contributed by atoms with van der Waals surface area (Å²) >= 11 is 0. The summed E-state index contributed by atoms with van der Waals surface area (Å²) < 4.78 is 1.98. The third-order valence-electron chi connectivity index (χ3n) is 4.66. The lowest BCUT2D eigenvalue weighted by molar-refractivity contribution is 0.0763. The Hall–Kier alpha value is -2.82. The van der Waals surface area contributed by atoms with Crippen molar-refractivity contribution in [3.8, 4) is 11.3 Å². The molecule has 5 heteroatoms. The maximum absolute atomic E-state index is 12.6. The molecule has 1 N–H and O–H groups in total. The smallest absolute Gasteiger partial charge is 0.255 e. The van der Waals surface area contributed by atoms with Crippen LogP contribution in [-0.4, -0.2) is 38.7 Å². The van der Waals surface area contributed by atoms with Crippen molar-refractivity contribution in [3.05, 3.63) is 65.6 Å². The Bertz CT molecular complexity index is 849. The lowest BCUT2D eigenvalue weighted by Crippen LogP contribution is -2.33. The van der Waals surface area contributed by atoms with Crippen molar-refractivity contribution in [2.24, 2.45) is 7.05 Å². The SMILES string of the molecule is Cn1nc2c(c1-c1ccccc1)CCN(C(=O)c1cc[nH]c1)CC2. The zero-order chi connectivity index (χ0) is 16.5. The summed E-state index contributed by atoms with van der Waals surface area (Å²) in [4.78, 5) is 17.5. The molecule has 0 atom stereocenters. The molecule has 5 nitrogen and oxygen atoms in total. The van der Waals surface area contributed by atoms with E-state index in [0.717, 1.165) is 30.6 Å². The molecule has 0 radical (unpaired) electrons.